The van der Waals surface area contributed by atoms with Gasteiger partial charge in [0.05, 0.1) is 0 Å². The van der Waals surface area contributed by atoms with Gasteiger partial charge >= 0.3 is 6.09 Å². The van der Waals surface area contributed by atoms with Crippen molar-refractivity contribution in [1.82, 2.24) is 4.98 Å². The van der Waals surface area contributed by atoms with Crippen molar-refractivity contribution in [1.29, 1.82) is 0 Å². The molecule has 0 saturated carbocycles. The molecule has 0 bridgehead atoms. The fraction of sp³-hybridized carbons (Fsp3) is 0.143. The fourth-order valence-electron chi connectivity index (χ4n) is 1.82. The van der Waals surface area contributed by atoms with Crippen LogP contribution < -0.4 is 5.73 Å². The molecular weight excluding hydrogens is 264 g/mol. The van der Waals surface area contributed by atoms with Gasteiger partial charge in [-0.1, -0.05) is 29.8 Å². The van der Waals surface area contributed by atoms with E-state index in [9.17, 15) is 4.79 Å². The lowest BCUT2D eigenvalue weighted by Gasteiger charge is -2.18. The van der Waals surface area contributed by atoms with Crippen molar-refractivity contribution in [3.8, 4) is 0 Å². The highest BCUT2D eigenvalue weighted by atomic mass is 35.5. The lowest BCUT2D eigenvalue weighted by Crippen LogP contribution is -2.19. The lowest BCUT2D eigenvalue weighted by molar-refractivity contribution is 0.107. The Hall–Kier alpha value is -2.07. The van der Waals surface area contributed by atoms with Crippen LogP contribution in [0.1, 0.15) is 17.2 Å². The molecule has 1 aromatic carbocycles. The van der Waals surface area contributed by atoms with Gasteiger partial charge in [0.15, 0.2) is 0 Å². The summed E-state index contributed by atoms with van der Waals surface area (Å²) in [6.45, 7) is 0. The smallest absolute Gasteiger partial charge is 0.405 e. The van der Waals surface area contributed by atoms with E-state index in [2.05, 4.69) is 4.98 Å². The highest BCUT2D eigenvalue weighted by Gasteiger charge is 2.18. The van der Waals surface area contributed by atoms with Gasteiger partial charge in [0, 0.05) is 29.4 Å². The predicted molar refractivity (Wildman–Crippen MR) is 72.8 cm³/mol. The number of ether oxygens (including phenoxy) is 1. The van der Waals surface area contributed by atoms with Crippen molar-refractivity contribution in [2.75, 3.05) is 0 Å². The highest BCUT2D eigenvalue weighted by molar-refractivity contribution is 6.31. The summed E-state index contributed by atoms with van der Waals surface area (Å²) in [5, 5.41) is 0.544. The zero-order valence-electron chi connectivity index (χ0n) is 10.1. The third-order valence-corrected chi connectivity index (χ3v) is 3.03. The van der Waals surface area contributed by atoms with Crippen LogP contribution in [0, 0.1) is 0 Å². The first-order valence-electron chi connectivity index (χ1n) is 5.76. The summed E-state index contributed by atoms with van der Waals surface area (Å²) in [6, 6.07) is 10.9. The molecule has 1 atom stereocenters. The Morgan fingerprint density at radius 3 is 2.58 bits per heavy atom. The second kappa shape index (κ2) is 6.20. The first-order chi connectivity index (χ1) is 9.16. The number of hydrogen-bond acceptors (Lipinski definition) is 3. The zero-order chi connectivity index (χ0) is 13.7. The number of halogens is 1. The van der Waals surface area contributed by atoms with Crippen LogP contribution in [0.15, 0.2) is 48.8 Å². The molecule has 2 aromatic rings. The van der Waals surface area contributed by atoms with Gasteiger partial charge in [-0.15, -0.1) is 0 Å². The number of hydrogen-bond donors (Lipinski definition) is 1. The maximum absolute atomic E-state index is 11.0. The van der Waals surface area contributed by atoms with Crippen LogP contribution in [0.2, 0.25) is 5.02 Å². The summed E-state index contributed by atoms with van der Waals surface area (Å²) < 4.78 is 5.16. The van der Waals surface area contributed by atoms with Crippen molar-refractivity contribution >= 4 is 17.7 Å². The molecule has 0 radical (unpaired) electrons. The Morgan fingerprint density at radius 1 is 1.26 bits per heavy atom. The molecule has 1 aromatic heterocycles. The minimum absolute atomic E-state index is 0.495. The van der Waals surface area contributed by atoms with E-state index in [4.69, 9.17) is 22.1 Å². The standard InChI is InChI=1S/C14H13ClN2O2/c15-12-4-2-1-3-11(12)13(19-14(16)18)9-10-5-7-17-8-6-10/h1-8,13H,9H2,(H2,16,18). The van der Waals surface area contributed by atoms with Gasteiger partial charge in [-0.25, -0.2) is 4.79 Å². The van der Waals surface area contributed by atoms with E-state index in [1.807, 2.05) is 30.3 Å². The molecule has 1 unspecified atom stereocenters. The lowest BCUT2D eigenvalue weighted by atomic mass is 10.0. The van der Waals surface area contributed by atoms with E-state index < -0.39 is 12.2 Å². The third kappa shape index (κ3) is 3.69. The molecule has 19 heavy (non-hydrogen) atoms. The largest absolute Gasteiger partial charge is 0.441 e. The molecule has 1 amide bonds. The van der Waals surface area contributed by atoms with E-state index in [1.54, 1.807) is 18.5 Å². The molecule has 0 saturated heterocycles. The number of nitrogens with zero attached hydrogens (tertiary/aromatic N) is 1. The number of carbonyl (C=O) groups excluding carboxylic acids is 1. The molecule has 0 aliphatic carbocycles. The van der Waals surface area contributed by atoms with E-state index in [0.717, 1.165) is 11.1 Å². The van der Waals surface area contributed by atoms with Gasteiger partial charge in [0.2, 0.25) is 0 Å². The minimum Gasteiger partial charge on any atom is -0.441 e. The van der Waals surface area contributed by atoms with Crippen molar-refractivity contribution < 1.29 is 9.53 Å². The Balaban J connectivity index is 2.26. The molecule has 5 heteroatoms. The van der Waals surface area contributed by atoms with Crippen molar-refractivity contribution in [3.05, 3.63) is 64.9 Å². The Labute approximate surface area is 116 Å². The Bertz CT molecular complexity index is 560. The number of aromatic nitrogens is 1. The second-order valence-electron chi connectivity index (χ2n) is 4.01. The van der Waals surface area contributed by atoms with Crippen molar-refractivity contribution in [2.45, 2.75) is 12.5 Å². The number of rotatable bonds is 4. The highest BCUT2D eigenvalue weighted by Crippen LogP contribution is 2.28. The normalized spacial score (nSPS) is 11.8. The molecular formula is C14H13ClN2O2. The SMILES string of the molecule is NC(=O)OC(Cc1ccncc1)c1ccccc1Cl. The fourth-order valence-corrected chi connectivity index (χ4v) is 2.08. The maximum atomic E-state index is 11.0. The number of amides is 1. The number of carbonyl (C=O) groups is 1. The summed E-state index contributed by atoms with van der Waals surface area (Å²) in [7, 11) is 0. The summed E-state index contributed by atoms with van der Waals surface area (Å²) >= 11 is 6.12. The molecule has 0 fully saturated rings. The average Bonchev–Trinajstić information content (AvgIpc) is 2.39. The number of pyridine rings is 1. The second-order valence-corrected chi connectivity index (χ2v) is 4.41. The zero-order valence-corrected chi connectivity index (χ0v) is 10.9. The summed E-state index contributed by atoms with van der Waals surface area (Å²) in [5.41, 5.74) is 6.84. The van der Waals surface area contributed by atoms with Gasteiger partial charge in [-0.2, -0.15) is 0 Å². The molecule has 0 aliphatic heterocycles. The van der Waals surface area contributed by atoms with E-state index >= 15 is 0 Å². The van der Waals surface area contributed by atoms with Crippen LogP contribution in [0.25, 0.3) is 0 Å². The summed E-state index contributed by atoms with van der Waals surface area (Å²) in [6.07, 6.45) is 2.54. The van der Waals surface area contributed by atoms with E-state index in [1.165, 1.54) is 0 Å². The van der Waals surface area contributed by atoms with Crippen molar-refractivity contribution in [3.63, 3.8) is 0 Å². The van der Waals surface area contributed by atoms with Gasteiger partial charge in [-0.3, -0.25) is 4.98 Å². The monoisotopic (exact) mass is 276 g/mol. The van der Waals surface area contributed by atoms with Gasteiger partial charge in [-0.05, 0) is 23.8 Å². The van der Waals surface area contributed by atoms with Crippen LogP contribution in [-0.4, -0.2) is 11.1 Å². The maximum Gasteiger partial charge on any atom is 0.405 e. The molecule has 0 spiro atoms. The first-order valence-corrected chi connectivity index (χ1v) is 6.14. The Kier molecular flexibility index (Phi) is 4.36. The van der Waals surface area contributed by atoms with Crippen LogP contribution >= 0.6 is 11.6 Å². The molecule has 98 valence electrons. The number of benzene rings is 1. The van der Waals surface area contributed by atoms with Crippen LogP contribution in [0.4, 0.5) is 4.79 Å². The average molecular weight is 277 g/mol. The van der Waals surface area contributed by atoms with Crippen molar-refractivity contribution in [2.24, 2.45) is 5.73 Å². The van der Waals surface area contributed by atoms with Crippen LogP contribution in [0.3, 0.4) is 0 Å². The Morgan fingerprint density at radius 2 is 1.95 bits per heavy atom. The van der Waals surface area contributed by atoms with Gasteiger partial charge < -0.3 is 10.5 Å². The predicted octanol–water partition coefficient (Wildman–Crippen LogP) is 3.11. The number of nitrogens with two attached hydrogens (primary N) is 1. The summed E-state index contributed by atoms with van der Waals surface area (Å²) in [5.74, 6) is 0. The molecule has 2 rings (SSSR count). The summed E-state index contributed by atoms with van der Waals surface area (Å²) in [4.78, 5) is 15.0. The van der Waals surface area contributed by atoms with Crippen LogP contribution in [-0.2, 0) is 11.2 Å². The van der Waals surface area contributed by atoms with Gasteiger partial charge in [0.1, 0.15) is 6.10 Å². The van der Waals surface area contributed by atoms with Gasteiger partial charge in [0.25, 0.3) is 0 Å². The van der Waals surface area contributed by atoms with E-state index in [0.29, 0.717) is 11.4 Å². The molecule has 0 aliphatic rings. The molecule has 4 nitrogen and oxygen atoms in total. The first kappa shape index (κ1) is 13.4. The molecule has 2 N–H and O–H groups in total. The van der Waals surface area contributed by atoms with Crippen LogP contribution in [0.5, 0.6) is 0 Å². The minimum atomic E-state index is -0.820. The van der Waals surface area contributed by atoms with E-state index in [-0.39, 0.29) is 0 Å². The molecule has 1 heterocycles. The third-order valence-electron chi connectivity index (χ3n) is 2.68. The topological polar surface area (TPSA) is 65.2 Å². The number of primary amides is 1. The quantitative estimate of drug-likeness (QED) is 0.933.